The lowest BCUT2D eigenvalue weighted by atomic mass is 9.98. The Morgan fingerprint density at radius 2 is 0.779 bits per heavy atom. The molecule has 0 amide bonds. The fourth-order valence-electron chi connectivity index (χ4n) is 11.1. The van der Waals surface area contributed by atoms with Gasteiger partial charge in [0.15, 0.2) is 0 Å². The maximum Gasteiger partial charge on any atom is 0.0641 e. The Bertz CT molecular complexity index is 3950. The molecule has 0 unspecified atom stereocenters. The van der Waals surface area contributed by atoms with Gasteiger partial charge in [-0.25, -0.2) is 0 Å². The zero-order valence-corrected chi connectivity index (χ0v) is 37.0. The van der Waals surface area contributed by atoms with E-state index in [0.29, 0.717) is 0 Å². The minimum Gasteiger partial charge on any atom is -0.309 e. The Morgan fingerprint density at radius 3 is 1.50 bits per heavy atom. The first-order valence-electron chi connectivity index (χ1n) is 23.4. The average Bonchev–Trinajstić information content (AvgIpc) is 3.82. The normalized spacial score (nSPS) is 12.6. The molecule has 0 aliphatic carbocycles. The maximum atomic E-state index is 2.45. The largest absolute Gasteiger partial charge is 0.309 e. The molecule has 14 rings (SSSR count). The molecule has 68 heavy (non-hydrogen) atoms. The lowest BCUT2D eigenvalue weighted by molar-refractivity contribution is 1.13. The van der Waals surface area contributed by atoms with Crippen molar-refractivity contribution in [3.63, 3.8) is 0 Å². The Balaban J connectivity index is 0.871. The van der Waals surface area contributed by atoms with E-state index in [-0.39, 0.29) is 0 Å². The van der Waals surface area contributed by atoms with Crippen molar-refractivity contribution in [1.29, 1.82) is 0 Å². The molecule has 4 nitrogen and oxygen atoms in total. The lowest BCUT2D eigenvalue weighted by Gasteiger charge is -2.28. The first kappa shape index (κ1) is 38.2. The number of para-hydroxylation sites is 7. The second-order valence-corrected chi connectivity index (χ2v) is 17.7. The van der Waals surface area contributed by atoms with Gasteiger partial charge in [-0.1, -0.05) is 170 Å². The maximum absolute atomic E-state index is 2.45. The second-order valence-electron chi connectivity index (χ2n) is 17.7. The Kier molecular flexibility index (Phi) is 8.55. The summed E-state index contributed by atoms with van der Waals surface area (Å²) in [4.78, 5) is 4.89. The monoisotopic (exact) mass is 866 g/mol. The van der Waals surface area contributed by atoms with Crippen LogP contribution in [0.5, 0.6) is 0 Å². The van der Waals surface area contributed by atoms with Gasteiger partial charge in [0.05, 0.1) is 45.0 Å². The molecule has 0 saturated heterocycles. The molecule has 2 aliphatic rings. The number of fused-ring (bicyclic) bond motifs is 13. The molecule has 0 spiro atoms. The summed E-state index contributed by atoms with van der Waals surface area (Å²) in [6.07, 6.45) is 4.52. The van der Waals surface area contributed by atoms with Crippen LogP contribution in [0.4, 0.5) is 34.1 Å². The van der Waals surface area contributed by atoms with E-state index in [9.17, 15) is 0 Å². The first-order valence-corrected chi connectivity index (χ1v) is 23.4. The summed E-state index contributed by atoms with van der Waals surface area (Å²) in [6, 6.07) is 88.4. The molecule has 0 saturated carbocycles. The molecular formula is C64H42N4. The van der Waals surface area contributed by atoms with E-state index in [2.05, 4.69) is 274 Å². The molecular weight excluding hydrogens is 825 g/mol. The smallest absolute Gasteiger partial charge is 0.0641 e. The van der Waals surface area contributed by atoms with Gasteiger partial charge in [0.2, 0.25) is 0 Å². The fraction of sp³-hybridized carbons (Fsp3) is 0. The highest BCUT2D eigenvalue weighted by atomic mass is 15.2. The predicted octanol–water partition coefficient (Wildman–Crippen LogP) is 17.5. The standard InChI is InChI=1S/C64H42N4/c1-3-18-47(19-4-1)67-55-26-12-7-17-45(55)31-32-46-37-42-60-62(63(46)67)53-24-10-14-28-57(53)66(60)50-40-35-44(36-41-50)43-33-38-49(39-34-43)65-56-27-13-8-22-51(56)61-52-23-9-15-29-58(52)68(48-20-5-2-6-21-48)64(61)54-25-11-16-30-59(54)65/h1-42H. The van der Waals surface area contributed by atoms with Gasteiger partial charge in [0.25, 0.3) is 0 Å². The third-order valence-electron chi connectivity index (χ3n) is 14.0. The minimum absolute atomic E-state index is 1.11. The van der Waals surface area contributed by atoms with Crippen molar-refractivity contribution in [2.45, 2.75) is 0 Å². The molecule has 0 N–H and O–H groups in total. The van der Waals surface area contributed by atoms with Gasteiger partial charge < -0.3 is 18.9 Å². The summed E-state index contributed by atoms with van der Waals surface area (Å²) in [7, 11) is 0. The molecule has 2 aromatic heterocycles. The molecule has 0 bridgehead atoms. The summed E-state index contributed by atoms with van der Waals surface area (Å²) in [5.41, 5.74) is 22.3. The summed E-state index contributed by atoms with van der Waals surface area (Å²) < 4.78 is 4.87. The molecule has 0 atom stereocenters. The number of benzene rings is 10. The SMILES string of the molecule is C1=Cc2ccc3c(c2N(c2ccccc2)c2ccccc21)c1ccccc1n3-c1ccc(-c2ccc(N3c4ccccc4-c4c(n(-c5ccccc5)c5ccccc45)-c4ccccc43)cc2)cc1. The molecule has 0 radical (unpaired) electrons. The van der Waals surface area contributed by atoms with E-state index in [1.165, 1.54) is 83.2 Å². The predicted molar refractivity (Wildman–Crippen MR) is 286 cm³/mol. The van der Waals surface area contributed by atoms with Crippen LogP contribution in [-0.2, 0) is 0 Å². The molecule has 318 valence electrons. The van der Waals surface area contributed by atoms with Crippen molar-refractivity contribution >= 4 is 79.0 Å². The number of aromatic nitrogens is 2. The third kappa shape index (κ3) is 5.74. The number of rotatable bonds is 5. The second kappa shape index (κ2) is 15.2. The highest BCUT2D eigenvalue weighted by molar-refractivity contribution is 6.19. The lowest BCUT2D eigenvalue weighted by Crippen LogP contribution is -2.12. The van der Waals surface area contributed by atoms with Crippen LogP contribution in [0.2, 0.25) is 0 Å². The van der Waals surface area contributed by atoms with Crippen LogP contribution in [0.15, 0.2) is 243 Å². The summed E-state index contributed by atoms with van der Waals surface area (Å²) in [6.45, 7) is 0. The fourth-order valence-corrected chi connectivity index (χ4v) is 11.1. The van der Waals surface area contributed by atoms with E-state index in [4.69, 9.17) is 0 Å². The van der Waals surface area contributed by atoms with E-state index < -0.39 is 0 Å². The summed E-state index contributed by atoms with van der Waals surface area (Å²) in [5.74, 6) is 0. The average molecular weight is 867 g/mol. The molecule has 10 aromatic carbocycles. The Labute approximate surface area is 394 Å². The van der Waals surface area contributed by atoms with Crippen LogP contribution in [0.1, 0.15) is 11.1 Å². The van der Waals surface area contributed by atoms with Crippen LogP contribution in [0.3, 0.4) is 0 Å². The van der Waals surface area contributed by atoms with Gasteiger partial charge in [-0.2, -0.15) is 0 Å². The summed E-state index contributed by atoms with van der Waals surface area (Å²) >= 11 is 0. The van der Waals surface area contributed by atoms with Crippen molar-refractivity contribution < 1.29 is 0 Å². The number of nitrogens with zero attached hydrogens (tertiary/aromatic N) is 4. The number of hydrogen-bond donors (Lipinski definition) is 0. The van der Waals surface area contributed by atoms with Gasteiger partial charge in [0.1, 0.15) is 0 Å². The van der Waals surface area contributed by atoms with E-state index in [1.807, 2.05) is 0 Å². The molecule has 2 aliphatic heterocycles. The zero-order chi connectivity index (χ0) is 44.7. The van der Waals surface area contributed by atoms with Crippen molar-refractivity contribution in [2.24, 2.45) is 0 Å². The van der Waals surface area contributed by atoms with Crippen LogP contribution in [0.25, 0.3) is 89.7 Å². The Morgan fingerprint density at radius 1 is 0.279 bits per heavy atom. The Hall–Kier alpha value is -9.12. The third-order valence-corrected chi connectivity index (χ3v) is 14.0. The van der Waals surface area contributed by atoms with Gasteiger partial charge >= 0.3 is 0 Å². The highest BCUT2D eigenvalue weighted by Gasteiger charge is 2.31. The number of anilines is 6. The molecule has 4 heteroatoms. The number of hydrogen-bond acceptors (Lipinski definition) is 2. The van der Waals surface area contributed by atoms with Gasteiger partial charge in [-0.3, -0.25) is 0 Å². The quantitative estimate of drug-likeness (QED) is 0.171. The highest BCUT2D eigenvalue weighted by Crippen LogP contribution is 2.55. The van der Waals surface area contributed by atoms with Crippen molar-refractivity contribution in [2.75, 3.05) is 9.80 Å². The van der Waals surface area contributed by atoms with E-state index >= 15 is 0 Å². The van der Waals surface area contributed by atoms with Crippen molar-refractivity contribution in [3.8, 4) is 44.9 Å². The van der Waals surface area contributed by atoms with Crippen molar-refractivity contribution in [3.05, 3.63) is 254 Å². The van der Waals surface area contributed by atoms with Crippen LogP contribution >= 0.6 is 0 Å². The van der Waals surface area contributed by atoms with Gasteiger partial charge in [0, 0.05) is 55.6 Å². The first-order chi connectivity index (χ1) is 33.8. The molecule has 12 aromatic rings. The van der Waals surface area contributed by atoms with Crippen LogP contribution in [0, 0.1) is 0 Å². The molecule has 0 fully saturated rings. The molecule has 4 heterocycles. The van der Waals surface area contributed by atoms with Gasteiger partial charge in [-0.05, 0) is 107 Å². The van der Waals surface area contributed by atoms with Crippen molar-refractivity contribution in [1.82, 2.24) is 9.13 Å². The van der Waals surface area contributed by atoms with Crippen LogP contribution < -0.4 is 9.80 Å². The zero-order valence-electron chi connectivity index (χ0n) is 37.0. The van der Waals surface area contributed by atoms with Crippen LogP contribution in [-0.4, -0.2) is 9.13 Å². The minimum atomic E-state index is 1.11. The topological polar surface area (TPSA) is 16.3 Å². The van der Waals surface area contributed by atoms with E-state index in [0.717, 1.165) is 39.7 Å². The van der Waals surface area contributed by atoms with E-state index in [1.54, 1.807) is 0 Å². The summed E-state index contributed by atoms with van der Waals surface area (Å²) in [5, 5.41) is 3.70. The van der Waals surface area contributed by atoms with Gasteiger partial charge in [-0.15, -0.1) is 0 Å².